The molecule has 5 nitrogen and oxygen atoms in total. The zero-order chi connectivity index (χ0) is 12.8. The van der Waals surface area contributed by atoms with Crippen LogP contribution in [0.4, 0.5) is 0 Å². The first-order valence-corrected chi connectivity index (χ1v) is 7.19. The number of rotatable bonds is 5. The van der Waals surface area contributed by atoms with E-state index in [0.717, 1.165) is 39.1 Å². The molecule has 0 aromatic rings. The molecule has 2 fully saturated rings. The van der Waals surface area contributed by atoms with E-state index in [9.17, 15) is 4.79 Å². The van der Waals surface area contributed by atoms with Crippen molar-refractivity contribution in [3.05, 3.63) is 0 Å². The van der Waals surface area contributed by atoms with Crippen molar-refractivity contribution in [3.63, 3.8) is 0 Å². The molecule has 0 saturated carbocycles. The topological polar surface area (TPSA) is 44.8 Å². The lowest BCUT2D eigenvalue weighted by molar-refractivity contribution is -0.197. The van der Waals surface area contributed by atoms with Gasteiger partial charge in [0.15, 0.2) is 0 Å². The van der Waals surface area contributed by atoms with E-state index < -0.39 is 0 Å². The highest BCUT2D eigenvalue weighted by Gasteiger charge is 2.23. The molecule has 0 aromatic carbocycles. The molecule has 0 radical (unpaired) electrons. The fraction of sp³-hybridized carbons (Fsp3) is 0.923. The van der Waals surface area contributed by atoms with E-state index in [1.165, 1.54) is 19.4 Å². The van der Waals surface area contributed by atoms with Crippen LogP contribution in [0.25, 0.3) is 0 Å². The SMILES string of the molecule is CCCC(=O)ON1CCN(CC2CCCN2)CC1. The van der Waals surface area contributed by atoms with Gasteiger partial charge in [0.05, 0.1) is 0 Å². The first-order chi connectivity index (χ1) is 8.78. The average Bonchev–Trinajstić information content (AvgIpc) is 2.85. The maximum absolute atomic E-state index is 11.4. The molecule has 18 heavy (non-hydrogen) atoms. The molecule has 2 saturated heterocycles. The molecule has 2 rings (SSSR count). The lowest BCUT2D eigenvalue weighted by atomic mass is 10.2. The van der Waals surface area contributed by atoms with Gasteiger partial charge in [0, 0.05) is 45.2 Å². The summed E-state index contributed by atoms with van der Waals surface area (Å²) in [7, 11) is 0. The van der Waals surface area contributed by atoms with E-state index in [-0.39, 0.29) is 5.97 Å². The average molecular weight is 255 g/mol. The summed E-state index contributed by atoms with van der Waals surface area (Å²) in [5.41, 5.74) is 0. The molecule has 104 valence electrons. The second kappa shape index (κ2) is 7.07. The van der Waals surface area contributed by atoms with E-state index in [2.05, 4.69) is 10.2 Å². The number of carbonyl (C=O) groups is 1. The molecule has 1 N–H and O–H groups in total. The number of carbonyl (C=O) groups excluding carboxylic acids is 1. The number of nitrogens with zero attached hydrogens (tertiary/aromatic N) is 2. The van der Waals surface area contributed by atoms with Crippen LogP contribution in [0.15, 0.2) is 0 Å². The Morgan fingerprint density at radius 3 is 2.72 bits per heavy atom. The maximum Gasteiger partial charge on any atom is 0.325 e. The van der Waals surface area contributed by atoms with E-state index in [0.29, 0.717) is 12.5 Å². The van der Waals surface area contributed by atoms with Gasteiger partial charge in [-0.15, -0.1) is 5.06 Å². The van der Waals surface area contributed by atoms with Crippen molar-refractivity contribution in [1.82, 2.24) is 15.3 Å². The summed E-state index contributed by atoms with van der Waals surface area (Å²) < 4.78 is 0. The molecule has 0 amide bonds. The minimum atomic E-state index is -0.0941. The third-order valence-corrected chi connectivity index (χ3v) is 3.66. The van der Waals surface area contributed by atoms with Crippen LogP contribution in [0.2, 0.25) is 0 Å². The van der Waals surface area contributed by atoms with Gasteiger partial charge in [-0.25, -0.2) is 0 Å². The highest BCUT2D eigenvalue weighted by Crippen LogP contribution is 2.10. The van der Waals surface area contributed by atoms with Gasteiger partial charge in [-0.1, -0.05) is 6.92 Å². The number of nitrogens with one attached hydrogen (secondary N) is 1. The van der Waals surface area contributed by atoms with E-state index >= 15 is 0 Å². The minimum absolute atomic E-state index is 0.0941. The molecule has 0 bridgehead atoms. The van der Waals surface area contributed by atoms with Crippen LogP contribution in [0.1, 0.15) is 32.6 Å². The Hall–Kier alpha value is -0.650. The highest BCUT2D eigenvalue weighted by molar-refractivity contribution is 5.68. The molecular weight excluding hydrogens is 230 g/mol. The van der Waals surface area contributed by atoms with Gasteiger partial charge < -0.3 is 10.2 Å². The standard InChI is InChI=1S/C13H25N3O2/c1-2-4-13(17)18-16-9-7-15(8-10-16)11-12-5-3-6-14-12/h12,14H,2-11H2,1H3. The van der Waals surface area contributed by atoms with Gasteiger partial charge in [-0.3, -0.25) is 9.69 Å². The van der Waals surface area contributed by atoms with Gasteiger partial charge in [-0.05, 0) is 25.8 Å². The van der Waals surface area contributed by atoms with Crippen molar-refractivity contribution in [2.24, 2.45) is 0 Å². The quantitative estimate of drug-likeness (QED) is 0.780. The predicted molar refractivity (Wildman–Crippen MR) is 70.0 cm³/mol. The number of hydrogen-bond donors (Lipinski definition) is 1. The summed E-state index contributed by atoms with van der Waals surface area (Å²) in [5, 5.41) is 5.34. The smallest absolute Gasteiger partial charge is 0.325 e. The normalized spacial score (nSPS) is 26.4. The summed E-state index contributed by atoms with van der Waals surface area (Å²) in [6.45, 7) is 7.96. The Labute approximate surface area is 109 Å². The molecule has 2 heterocycles. The fourth-order valence-corrected chi connectivity index (χ4v) is 2.62. The van der Waals surface area contributed by atoms with E-state index in [1.54, 1.807) is 0 Å². The van der Waals surface area contributed by atoms with Gasteiger partial charge in [-0.2, -0.15) is 0 Å². The Bertz CT molecular complexity index is 259. The van der Waals surface area contributed by atoms with Crippen LogP contribution in [-0.4, -0.2) is 61.2 Å². The van der Waals surface area contributed by atoms with Crippen molar-refractivity contribution >= 4 is 5.97 Å². The summed E-state index contributed by atoms with van der Waals surface area (Å²) in [5.74, 6) is -0.0941. The first kappa shape index (κ1) is 13.8. The zero-order valence-corrected chi connectivity index (χ0v) is 11.4. The highest BCUT2D eigenvalue weighted by atomic mass is 16.7. The summed E-state index contributed by atoms with van der Waals surface area (Å²) in [6, 6.07) is 0.666. The molecule has 1 atom stereocenters. The second-order valence-electron chi connectivity index (χ2n) is 5.24. The Morgan fingerprint density at radius 2 is 2.11 bits per heavy atom. The first-order valence-electron chi connectivity index (χ1n) is 7.19. The zero-order valence-electron chi connectivity index (χ0n) is 11.4. The van der Waals surface area contributed by atoms with Crippen LogP contribution in [0.3, 0.4) is 0 Å². The van der Waals surface area contributed by atoms with Crippen LogP contribution >= 0.6 is 0 Å². The van der Waals surface area contributed by atoms with Crippen LogP contribution in [0.5, 0.6) is 0 Å². The lowest BCUT2D eigenvalue weighted by Gasteiger charge is -2.34. The largest absolute Gasteiger partial charge is 0.368 e. The molecule has 2 aliphatic rings. The van der Waals surface area contributed by atoms with Crippen molar-refractivity contribution < 1.29 is 9.63 Å². The molecule has 2 aliphatic heterocycles. The van der Waals surface area contributed by atoms with Crippen molar-refractivity contribution in [1.29, 1.82) is 0 Å². The van der Waals surface area contributed by atoms with Gasteiger partial charge in [0.2, 0.25) is 0 Å². The van der Waals surface area contributed by atoms with Gasteiger partial charge in [0.1, 0.15) is 0 Å². The van der Waals surface area contributed by atoms with Gasteiger partial charge in [0.25, 0.3) is 0 Å². The van der Waals surface area contributed by atoms with Crippen molar-refractivity contribution in [3.8, 4) is 0 Å². The lowest BCUT2D eigenvalue weighted by Crippen LogP contribution is -2.50. The Kier molecular flexibility index (Phi) is 5.41. The molecule has 1 unspecified atom stereocenters. The molecule has 0 aliphatic carbocycles. The number of hydroxylamine groups is 2. The predicted octanol–water partition coefficient (Wildman–Crippen LogP) is 0.614. The van der Waals surface area contributed by atoms with E-state index in [1.807, 2.05) is 12.0 Å². The van der Waals surface area contributed by atoms with E-state index in [4.69, 9.17) is 4.84 Å². The van der Waals surface area contributed by atoms with Gasteiger partial charge >= 0.3 is 5.97 Å². The third kappa shape index (κ3) is 4.23. The summed E-state index contributed by atoms with van der Waals surface area (Å²) in [4.78, 5) is 19.2. The van der Waals surface area contributed by atoms with Crippen molar-refractivity contribution in [2.75, 3.05) is 39.3 Å². The number of piperazine rings is 1. The third-order valence-electron chi connectivity index (χ3n) is 3.66. The van der Waals surface area contributed by atoms with Crippen molar-refractivity contribution in [2.45, 2.75) is 38.6 Å². The molecular formula is C13H25N3O2. The molecule has 0 aromatic heterocycles. The van der Waals surface area contributed by atoms with Crippen LogP contribution in [-0.2, 0) is 9.63 Å². The Balaban J connectivity index is 1.63. The Morgan fingerprint density at radius 1 is 1.33 bits per heavy atom. The molecule has 5 heteroatoms. The summed E-state index contributed by atoms with van der Waals surface area (Å²) >= 11 is 0. The summed E-state index contributed by atoms with van der Waals surface area (Å²) in [6.07, 6.45) is 3.98. The minimum Gasteiger partial charge on any atom is -0.368 e. The fourth-order valence-electron chi connectivity index (χ4n) is 2.62. The number of hydrogen-bond acceptors (Lipinski definition) is 5. The van der Waals surface area contributed by atoms with Crippen LogP contribution in [0, 0.1) is 0 Å². The molecule has 0 spiro atoms. The monoisotopic (exact) mass is 255 g/mol. The maximum atomic E-state index is 11.4. The second-order valence-corrected chi connectivity index (χ2v) is 5.24. The van der Waals surface area contributed by atoms with Crippen LogP contribution < -0.4 is 5.32 Å².